The molecule has 0 saturated heterocycles. The van der Waals surface area contributed by atoms with Crippen LogP contribution in [0.25, 0.3) is 11.4 Å². The number of nitrogens with zero attached hydrogens (tertiary/aromatic N) is 4. The zero-order valence-corrected chi connectivity index (χ0v) is 13.5. The van der Waals surface area contributed by atoms with Crippen LogP contribution in [0.3, 0.4) is 0 Å². The minimum atomic E-state index is -1.11. The van der Waals surface area contributed by atoms with Crippen LogP contribution in [-0.4, -0.2) is 36.1 Å². The maximum atomic E-state index is 12.2. The van der Waals surface area contributed by atoms with E-state index in [0.717, 1.165) is 10.5 Å². The van der Waals surface area contributed by atoms with Crippen LogP contribution in [0.5, 0.6) is 0 Å². The molecule has 0 radical (unpaired) electrons. The van der Waals surface area contributed by atoms with Gasteiger partial charge in [0.15, 0.2) is 0 Å². The van der Waals surface area contributed by atoms with E-state index >= 15 is 0 Å². The number of hydrogen-bond acceptors (Lipinski definition) is 5. The fourth-order valence-corrected chi connectivity index (χ4v) is 3.12. The van der Waals surface area contributed by atoms with Crippen molar-refractivity contribution in [1.82, 2.24) is 20.2 Å². The van der Waals surface area contributed by atoms with Gasteiger partial charge < -0.3 is 5.73 Å². The lowest BCUT2D eigenvalue weighted by Gasteiger charge is -2.01. The standard InChI is InChI=1S/C16H15N5O2S/c17-15(22)12-6-8-13(9-7-12)16-18-20-21(19-16)10-11-24(23)14-4-2-1-3-5-14/h1-9H,10-11H2,(H2,17,22)/t24-/m1/s1. The van der Waals surface area contributed by atoms with Gasteiger partial charge in [-0.25, -0.2) is 0 Å². The number of rotatable bonds is 6. The SMILES string of the molecule is NC(=O)c1ccc(-c2nnn(CC[S@@](=O)c3ccccc3)n2)cc1. The molecule has 3 aromatic rings. The summed E-state index contributed by atoms with van der Waals surface area (Å²) in [5, 5.41) is 12.2. The maximum absolute atomic E-state index is 12.2. The summed E-state index contributed by atoms with van der Waals surface area (Å²) < 4.78 is 12.2. The van der Waals surface area contributed by atoms with Gasteiger partial charge in [-0.3, -0.25) is 9.00 Å². The first-order valence-electron chi connectivity index (χ1n) is 7.25. The van der Waals surface area contributed by atoms with E-state index in [1.54, 1.807) is 24.3 Å². The predicted octanol–water partition coefficient (Wildman–Crippen LogP) is 1.25. The molecule has 1 amide bonds. The third-order valence-electron chi connectivity index (χ3n) is 3.36. The number of primary amides is 1. The van der Waals surface area contributed by atoms with Gasteiger partial charge in [-0.2, -0.15) is 4.80 Å². The van der Waals surface area contributed by atoms with Crippen molar-refractivity contribution >= 4 is 16.7 Å². The lowest BCUT2D eigenvalue weighted by atomic mass is 10.1. The van der Waals surface area contributed by atoms with Gasteiger partial charge in [-0.05, 0) is 29.5 Å². The summed E-state index contributed by atoms with van der Waals surface area (Å²) in [7, 11) is -1.11. The lowest BCUT2D eigenvalue weighted by molar-refractivity contribution is 0.100. The molecule has 0 aliphatic rings. The molecule has 8 heteroatoms. The number of aromatic nitrogens is 4. The Morgan fingerprint density at radius 2 is 1.79 bits per heavy atom. The topological polar surface area (TPSA) is 104 Å². The highest BCUT2D eigenvalue weighted by Crippen LogP contribution is 2.14. The Hall–Kier alpha value is -2.87. The van der Waals surface area contributed by atoms with Crippen LogP contribution in [0.1, 0.15) is 10.4 Å². The van der Waals surface area contributed by atoms with Gasteiger partial charge in [0.1, 0.15) is 0 Å². The van der Waals surface area contributed by atoms with Crippen LogP contribution in [0, 0.1) is 0 Å². The quantitative estimate of drug-likeness (QED) is 0.726. The van der Waals surface area contributed by atoms with Crippen molar-refractivity contribution in [3.63, 3.8) is 0 Å². The van der Waals surface area contributed by atoms with Crippen LogP contribution < -0.4 is 5.73 Å². The van der Waals surface area contributed by atoms with Crippen molar-refractivity contribution in [2.75, 3.05) is 5.75 Å². The molecule has 0 saturated carbocycles. The second kappa shape index (κ2) is 7.14. The second-order valence-corrected chi connectivity index (χ2v) is 6.58. The Bertz CT molecular complexity index is 862. The fraction of sp³-hybridized carbons (Fsp3) is 0.125. The maximum Gasteiger partial charge on any atom is 0.248 e. The first-order valence-corrected chi connectivity index (χ1v) is 8.57. The van der Waals surface area contributed by atoms with Gasteiger partial charge >= 0.3 is 0 Å². The molecule has 1 aromatic heterocycles. The molecule has 24 heavy (non-hydrogen) atoms. The summed E-state index contributed by atoms with van der Waals surface area (Å²) >= 11 is 0. The Balaban J connectivity index is 1.65. The highest BCUT2D eigenvalue weighted by molar-refractivity contribution is 7.85. The number of amides is 1. The van der Waals surface area contributed by atoms with Crippen molar-refractivity contribution in [1.29, 1.82) is 0 Å². The molecular weight excluding hydrogens is 326 g/mol. The molecule has 122 valence electrons. The molecule has 0 aliphatic heterocycles. The van der Waals surface area contributed by atoms with Gasteiger partial charge in [-0.1, -0.05) is 30.3 Å². The molecule has 0 spiro atoms. The number of nitrogens with two attached hydrogens (primary N) is 1. The van der Waals surface area contributed by atoms with Crippen molar-refractivity contribution in [3.05, 3.63) is 60.2 Å². The highest BCUT2D eigenvalue weighted by Gasteiger charge is 2.09. The summed E-state index contributed by atoms with van der Waals surface area (Å²) in [5.41, 5.74) is 6.36. The number of hydrogen-bond donors (Lipinski definition) is 1. The third kappa shape index (κ3) is 3.72. The highest BCUT2D eigenvalue weighted by atomic mass is 32.2. The van der Waals surface area contributed by atoms with E-state index in [-0.39, 0.29) is 0 Å². The lowest BCUT2D eigenvalue weighted by Crippen LogP contribution is -2.11. The summed E-state index contributed by atoms with van der Waals surface area (Å²) in [6.45, 7) is 0.397. The smallest absolute Gasteiger partial charge is 0.248 e. The van der Waals surface area contributed by atoms with Gasteiger partial charge in [0.25, 0.3) is 0 Å². The molecule has 2 N–H and O–H groups in total. The molecule has 1 atom stereocenters. The monoisotopic (exact) mass is 341 g/mol. The van der Waals surface area contributed by atoms with E-state index in [1.165, 1.54) is 4.80 Å². The van der Waals surface area contributed by atoms with Gasteiger partial charge in [0.2, 0.25) is 11.7 Å². The van der Waals surface area contributed by atoms with Crippen LogP contribution >= 0.6 is 0 Å². The minimum absolute atomic E-state index is 0.397. The predicted molar refractivity (Wildman–Crippen MR) is 89.5 cm³/mol. The minimum Gasteiger partial charge on any atom is -0.366 e. The summed E-state index contributed by atoms with van der Waals surface area (Å²) in [5.74, 6) is 0.360. The fourth-order valence-electron chi connectivity index (χ4n) is 2.09. The van der Waals surface area contributed by atoms with Gasteiger partial charge in [0.05, 0.1) is 17.3 Å². The number of carbonyl (C=O) groups is 1. The van der Waals surface area contributed by atoms with Gasteiger partial charge in [0, 0.05) is 21.8 Å². The zero-order valence-electron chi connectivity index (χ0n) is 12.7. The normalized spacial score (nSPS) is 12.0. The summed E-state index contributed by atoms with van der Waals surface area (Å²) in [4.78, 5) is 13.3. The van der Waals surface area contributed by atoms with Crippen molar-refractivity contribution in [2.45, 2.75) is 11.4 Å². The molecule has 3 rings (SSSR count). The third-order valence-corrected chi connectivity index (χ3v) is 4.71. The van der Waals surface area contributed by atoms with Crippen LogP contribution in [0.15, 0.2) is 59.5 Å². The summed E-state index contributed by atoms with van der Waals surface area (Å²) in [6.07, 6.45) is 0. The molecule has 1 heterocycles. The van der Waals surface area contributed by atoms with Crippen molar-refractivity contribution < 1.29 is 9.00 Å². The van der Waals surface area contributed by atoms with E-state index in [4.69, 9.17) is 5.73 Å². The van der Waals surface area contributed by atoms with Gasteiger partial charge in [-0.15, -0.1) is 10.2 Å². The van der Waals surface area contributed by atoms with E-state index in [2.05, 4.69) is 15.4 Å². The summed E-state index contributed by atoms with van der Waals surface area (Å²) in [6, 6.07) is 15.9. The largest absolute Gasteiger partial charge is 0.366 e. The Morgan fingerprint density at radius 1 is 1.08 bits per heavy atom. The van der Waals surface area contributed by atoms with Crippen molar-refractivity contribution in [3.8, 4) is 11.4 Å². The van der Waals surface area contributed by atoms with Crippen LogP contribution in [0.4, 0.5) is 0 Å². The van der Waals surface area contributed by atoms with E-state index < -0.39 is 16.7 Å². The molecule has 0 aliphatic carbocycles. The Labute approximate surface area is 140 Å². The zero-order chi connectivity index (χ0) is 16.9. The molecule has 0 fully saturated rings. The first-order chi connectivity index (χ1) is 11.6. The average molecular weight is 341 g/mol. The van der Waals surface area contributed by atoms with E-state index in [1.807, 2.05) is 30.3 Å². The number of aryl methyl sites for hydroxylation is 1. The second-order valence-electron chi connectivity index (χ2n) is 5.01. The van der Waals surface area contributed by atoms with Crippen LogP contribution in [-0.2, 0) is 17.3 Å². The Morgan fingerprint density at radius 3 is 2.46 bits per heavy atom. The van der Waals surface area contributed by atoms with Crippen LogP contribution in [0.2, 0.25) is 0 Å². The molecule has 2 aromatic carbocycles. The molecule has 0 unspecified atom stereocenters. The van der Waals surface area contributed by atoms with Crippen molar-refractivity contribution in [2.24, 2.45) is 5.73 Å². The van der Waals surface area contributed by atoms with E-state index in [9.17, 15) is 9.00 Å². The number of carbonyl (C=O) groups excluding carboxylic acids is 1. The molecule has 7 nitrogen and oxygen atoms in total. The number of benzene rings is 2. The molecule has 0 bridgehead atoms. The molecular formula is C16H15N5O2S. The average Bonchev–Trinajstić information content (AvgIpc) is 3.09. The Kier molecular flexibility index (Phi) is 4.76. The number of tetrazole rings is 1. The first kappa shape index (κ1) is 16.0. The van der Waals surface area contributed by atoms with E-state index in [0.29, 0.717) is 23.7 Å².